The number of nitrogens with zero attached hydrogens (tertiary/aromatic N) is 4. The highest BCUT2D eigenvalue weighted by molar-refractivity contribution is 14.0. The zero-order chi connectivity index (χ0) is 18.5. The Morgan fingerprint density at radius 2 is 1.93 bits per heavy atom. The van der Waals surface area contributed by atoms with Gasteiger partial charge in [-0.2, -0.15) is 0 Å². The molecule has 1 aliphatic carbocycles. The minimum atomic E-state index is 0. The van der Waals surface area contributed by atoms with Gasteiger partial charge in [0.05, 0.1) is 0 Å². The van der Waals surface area contributed by atoms with Crippen molar-refractivity contribution in [2.24, 2.45) is 4.99 Å². The van der Waals surface area contributed by atoms with Crippen LogP contribution in [0.2, 0.25) is 0 Å². The summed E-state index contributed by atoms with van der Waals surface area (Å²) in [5, 5.41) is 15.7. The van der Waals surface area contributed by atoms with Gasteiger partial charge in [0.1, 0.15) is 12.4 Å². The number of fused-ring (bicyclic) bond motifs is 1. The highest BCUT2D eigenvalue weighted by atomic mass is 127. The second-order valence-corrected chi connectivity index (χ2v) is 7.69. The highest BCUT2D eigenvalue weighted by Gasteiger charge is 2.38. The van der Waals surface area contributed by atoms with Crippen LogP contribution in [0.4, 0.5) is 0 Å². The monoisotopic (exact) mass is 494 g/mol. The number of aliphatic imine (C=N–C) groups is 1. The molecule has 6 nitrogen and oxygen atoms in total. The van der Waals surface area contributed by atoms with Crippen molar-refractivity contribution < 1.29 is 0 Å². The minimum Gasteiger partial charge on any atom is -0.357 e. The predicted octanol–water partition coefficient (Wildman–Crippen LogP) is 3.41. The van der Waals surface area contributed by atoms with E-state index < -0.39 is 0 Å². The molecule has 28 heavy (non-hydrogen) atoms. The molecular formula is C21H31IN6. The zero-order valence-corrected chi connectivity index (χ0v) is 19.0. The van der Waals surface area contributed by atoms with E-state index in [1.807, 2.05) is 0 Å². The molecule has 0 amide bonds. The molecule has 2 aliphatic rings. The Hall–Kier alpha value is -1.64. The van der Waals surface area contributed by atoms with Gasteiger partial charge in [-0.1, -0.05) is 36.8 Å². The number of hydrogen-bond donors (Lipinski definition) is 2. The Morgan fingerprint density at radius 1 is 1.11 bits per heavy atom. The van der Waals surface area contributed by atoms with Crippen LogP contribution in [0.5, 0.6) is 0 Å². The number of rotatable bonds is 6. The van der Waals surface area contributed by atoms with Crippen LogP contribution in [0.25, 0.3) is 0 Å². The van der Waals surface area contributed by atoms with Crippen molar-refractivity contribution in [1.82, 2.24) is 25.4 Å². The maximum absolute atomic E-state index is 4.79. The van der Waals surface area contributed by atoms with E-state index in [0.717, 1.165) is 43.7 Å². The molecule has 1 aromatic heterocycles. The molecule has 4 rings (SSSR count). The molecule has 0 spiro atoms. The van der Waals surface area contributed by atoms with Gasteiger partial charge in [0, 0.05) is 31.5 Å². The number of hydrogen-bond acceptors (Lipinski definition) is 3. The van der Waals surface area contributed by atoms with Gasteiger partial charge in [-0.05, 0) is 38.2 Å². The minimum absolute atomic E-state index is 0. The van der Waals surface area contributed by atoms with E-state index in [0.29, 0.717) is 6.54 Å². The summed E-state index contributed by atoms with van der Waals surface area (Å²) in [4.78, 5) is 4.79. The number of benzene rings is 1. The van der Waals surface area contributed by atoms with E-state index in [9.17, 15) is 0 Å². The molecular weight excluding hydrogens is 463 g/mol. The smallest absolute Gasteiger partial charge is 0.191 e. The average molecular weight is 494 g/mol. The molecule has 2 heterocycles. The van der Waals surface area contributed by atoms with Crippen LogP contribution in [-0.2, 0) is 24.9 Å². The fourth-order valence-electron chi connectivity index (χ4n) is 4.19. The Balaban J connectivity index is 0.00000225. The third kappa shape index (κ3) is 4.50. The van der Waals surface area contributed by atoms with Gasteiger partial charge in [0.2, 0.25) is 0 Å². The van der Waals surface area contributed by atoms with Crippen molar-refractivity contribution in [2.45, 2.75) is 64.0 Å². The SMILES string of the molecule is CCNC(=NCc1nnc2n1CCCC2)NCC1(c2ccccc2)CCC1.I. The Labute approximate surface area is 184 Å². The highest BCUT2D eigenvalue weighted by Crippen LogP contribution is 2.43. The second-order valence-electron chi connectivity index (χ2n) is 7.69. The van der Waals surface area contributed by atoms with E-state index >= 15 is 0 Å². The molecule has 1 saturated carbocycles. The quantitative estimate of drug-likeness (QED) is 0.367. The van der Waals surface area contributed by atoms with Gasteiger partial charge in [-0.15, -0.1) is 34.2 Å². The molecule has 0 unspecified atom stereocenters. The van der Waals surface area contributed by atoms with Crippen LogP contribution < -0.4 is 10.6 Å². The molecule has 152 valence electrons. The number of aryl methyl sites for hydroxylation is 1. The second kappa shape index (κ2) is 9.71. The van der Waals surface area contributed by atoms with Gasteiger partial charge in [-0.25, -0.2) is 4.99 Å². The van der Waals surface area contributed by atoms with Crippen molar-refractivity contribution in [2.75, 3.05) is 13.1 Å². The summed E-state index contributed by atoms with van der Waals surface area (Å²) >= 11 is 0. The third-order valence-electron chi connectivity index (χ3n) is 5.95. The van der Waals surface area contributed by atoms with Gasteiger partial charge in [-0.3, -0.25) is 0 Å². The van der Waals surface area contributed by atoms with Crippen LogP contribution in [-0.4, -0.2) is 33.8 Å². The fourth-order valence-corrected chi connectivity index (χ4v) is 4.19. The molecule has 7 heteroatoms. The molecule has 1 fully saturated rings. The molecule has 2 aromatic rings. The predicted molar refractivity (Wildman–Crippen MR) is 123 cm³/mol. The van der Waals surface area contributed by atoms with E-state index in [1.165, 1.54) is 37.7 Å². The Bertz CT molecular complexity index is 781. The Morgan fingerprint density at radius 3 is 2.64 bits per heavy atom. The molecule has 0 atom stereocenters. The average Bonchev–Trinajstić information content (AvgIpc) is 3.09. The lowest BCUT2D eigenvalue weighted by molar-refractivity contribution is 0.244. The summed E-state index contributed by atoms with van der Waals surface area (Å²) in [6.07, 6.45) is 7.24. The number of aromatic nitrogens is 3. The van der Waals surface area contributed by atoms with Gasteiger partial charge < -0.3 is 15.2 Å². The standard InChI is InChI=1S/C21H30N6.HI/c1-2-22-20(23-15-19-26-25-18-11-6-7-14-27(18)19)24-16-21(12-8-13-21)17-9-4-3-5-10-17;/h3-5,9-10H,2,6-8,11-16H2,1H3,(H2,22,23,24);1H. The molecule has 0 bridgehead atoms. The summed E-state index contributed by atoms with van der Waals surface area (Å²) in [7, 11) is 0. The summed E-state index contributed by atoms with van der Waals surface area (Å²) in [5.74, 6) is 2.96. The van der Waals surface area contributed by atoms with Crippen molar-refractivity contribution in [1.29, 1.82) is 0 Å². The molecule has 2 N–H and O–H groups in total. The summed E-state index contributed by atoms with van der Waals surface area (Å²) in [6, 6.07) is 10.9. The first kappa shape index (κ1) is 21.1. The zero-order valence-electron chi connectivity index (χ0n) is 16.7. The normalized spacial score (nSPS) is 17.8. The van der Waals surface area contributed by atoms with Gasteiger partial charge >= 0.3 is 0 Å². The third-order valence-corrected chi connectivity index (χ3v) is 5.95. The van der Waals surface area contributed by atoms with Gasteiger partial charge in [0.25, 0.3) is 0 Å². The number of halogens is 1. The first-order chi connectivity index (χ1) is 13.3. The Kier molecular flexibility index (Phi) is 7.31. The first-order valence-electron chi connectivity index (χ1n) is 10.3. The van der Waals surface area contributed by atoms with E-state index in [4.69, 9.17) is 4.99 Å². The van der Waals surface area contributed by atoms with Crippen LogP contribution in [0, 0.1) is 0 Å². The number of guanidine groups is 1. The van der Waals surface area contributed by atoms with Crippen molar-refractivity contribution in [3.8, 4) is 0 Å². The summed E-state index contributed by atoms with van der Waals surface area (Å²) < 4.78 is 2.24. The van der Waals surface area contributed by atoms with Crippen molar-refractivity contribution >= 4 is 29.9 Å². The molecule has 1 aliphatic heterocycles. The van der Waals surface area contributed by atoms with E-state index in [2.05, 4.69) is 62.7 Å². The van der Waals surface area contributed by atoms with E-state index in [-0.39, 0.29) is 29.4 Å². The summed E-state index contributed by atoms with van der Waals surface area (Å²) in [5.41, 5.74) is 1.68. The maximum atomic E-state index is 4.79. The van der Waals surface area contributed by atoms with Crippen LogP contribution in [0.3, 0.4) is 0 Å². The van der Waals surface area contributed by atoms with Crippen molar-refractivity contribution in [3.05, 3.63) is 47.5 Å². The van der Waals surface area contributed by atoms with Gasteiger partial charge in [0.15, 0.2) is 11.8 Å². The fraction of sp³-hybridized carbons (Fsp3) is 0.571. The van der Waals surface area contributed by atoms with Crippen molar-refractivity contribution in [3.63, 3.8) is 0 Å². The lowest BCUT2D eigenvalue weighted by atomic mass is 9.64. The van der Waals surface area contributed by atoms with Crippen LogP contribution >= 0.6 is 24.0 Å². The topological polar surface area (TPSA) is 67.1 Å². The van der Waals surface area contributed by atoms with E-state index in [1.54, 1.807) is 0 Å². The maximum Gasteiger partial charge on any atom is 0.191 e. The first-order valence-corrected chi connectivity index (χ1v) is 10.3. The van der Waals surface area contributed by atoms with Crippen LogP contribution in [0.1, 0.15) is 56.2 Å². The molecule has 0 saturated heterocycles. The largest absolute Gasteiger partial charge is 0.357 e. The molecule has 1 aromatic carbocycles. The molecule has 0 radical (unpaired) electrons. The number of nitrogens with one attached hydrogen (secondary N) is 2. The lowest BCUT2D eigenvalue weighted by Gasteiger charge is -2.43. The lowest BCUT2D eigenvalue weighted by Crippen LogP contribution is -2.48. The summed E-state index contributed by atoms with van der Waals surface area (Å²) in [6.45, 7) is 5.46. The van der Waals surface area contributed by atoms with Crippen LogP contribution in [0.15, 0.2) is 35.3 Å².